The van der Waals surface area contributed by atoms with Gasteiger partial charge in [0.05, 0.1) is 0 Å². The predicted octanol–water partition coefficient (Wildman–Crippen LogP) is 7.37. The van der Waals surface area contributed by atoms with E-state index in [2.05, 4.69) is 43.3 Å². The maximum atomic E-state index is 13.1. The third-order valence-corrected chi connectivity index (χ3v) is 6.68. The molecule has 4 rings (SSSR count). The molecule has 0 nitrogen and oxygen atoms in total. The topological polar surface area (TPSA) is 0 Å². The number of allylic oxidation sites excluding steroid dienone is 2. The van der Waals surface area contributed by atoms with Crippen molar-refractivity contribution in [3.63, 3.8) is 0 Å². The first-order valence-corrected chi connectivity index (χ1v) is 10.2. The van der Waals surface area contributed by atoms with E-state index >= 15 is 0 Å². The Labute approximate surface area is 157 Å². The van der Waals surface area contributed by atoms with Crippen LogP contribution in [-0.2, 0) is 0 Å². The number of halogens is 1. The van der Waals surface area contributed by atoms with Crippen LogP contribution in [0.4, 0.5) is 4.39 Å². The second-order valence-corrected chi connectivity index (χ2v) is 8.26. The Hall–Kier alpha value is -1.89. The van der Waals surface area contributed by atoms with E-state index < -0.39 is 0 Å². The third-order valence-electron chi connectivity index (χ3n) is 6.68. The van der Waals surface area contributed by atoms with Crippen molar-refractivity contribution in [2.24, 2.45) is 17.8 Å². The molecule has 0 bridgehead atoms. The molecule has 1 heteroatoms. The summed E-state index contributed by atoms with van der Waals surface area (Å²) in [6.45, 7) is 2.15. The number of fused-ring (bicyclic) bond motifs is 1. The second-order valence-electron chi connectivity index (χ2n) is 8.26. The molecule has 0 spiro atoms. The van der Waals surface area contributed by atoms with Crippen LogP contribution in [0.3, 0.4) is 0 Å². The highest BCUT2D eigenvalue weighted by atomic mass is 19.1. The van der Waals surface area contributed by atoms with Crippen molar-refractivity contribution in [3.8, 4) is 11.1 Å². The molecule has 0 N–H and O–H groups in total. The summed E-state index contributed by atoms with van der Waals surface area (Å²) < 4.78 is 13.1. The van der Waals surface area contributed by atoms with Crippen LogP contribution in [0.15, 0.2) is 60.7 Å². The van der Waals surface area contributed by atoms with Gasteiger partial charge in [-0.15, -0.1) is 0 Å². The molecule has 4 atom stereocenters. The molecule has 2 aromatic rings. The van der Waals surface area contributed by atoms with E-state index in [0.29, 0.717) is 0 Å². The molecule has 0 amide bonds. The van der Waals surface area contributed by atoms with Crippen molar-refractivity contribution in [2.45, 2.75) is 51.4 Å². The molecule has 0 heterocycles. The maximum absolute atomic E-state index is 13.1. The molecule has 2 saturated carbocycles. The van der Waals surface area contributed by atoms with E-state index in [9.17, 15) is 4.39 Å². The summed E-state index contributed by atoms with van der Waals surface area (Å²) in [5, 5.41) is 0. The SMILES string of the molecule is C/C=C/C1CCC2CC(c3ccc(-c4ccc(F)cc4)cc3)CCC2C1. The lowest BCUT2D eigenvalue weighted by Gasteiger charge is -2.41. The summed E-state index contributed by atoms with van der Waals surface area (Å²) >= 11 is 0. The molecule has 0 aromatic heterocycles. The fourth-order valence-corrected chi connectivity index (χ4v) is 5.27. The molecule has 2 aliphatic carbocycles. The standard InChI is InChI=1S/C25H29F/c1-2-3-18-4-5-24-17-23(11-10-22(24)16-18)21-8-6-19(7-9-21)20-12-14-25(26)15-13-20/h2-3,6-9,12-15,18,22-24H,4-5,10-11,16-17H2,1H3/b3-2+. The Morgan fingerprint density at radius 3 is 2.08 bits per heavy atom. The first-order valence-electron chi connectivity index (χ1n) is 10.2. The quantitative estimate of drug-likeness (QED) is 0.508. The first kappa shape index (κ1) is 17.5. The summed E-state index contributed by atoms with van der Waals surface area (Å²) in [6.07, 6.45) is 12.9. The monoisotopic (exact) mass is 348 g/mol. The highest BCUT2D eigenvalue weighted by Crippen LogP contribution is 2.47. The molecular weight excluding hydrogens is 319 g/mol. The van der Waals surface area contributed by atoms with Crippen molar-refractivity contribution in [3.05, 3.63) is 72.1 Å². The molecule has 2 fully saturated rings. The Kier molecular flexibility index (Phi) is 5.24. The van der Waals surface area contributed by atoms with Crippen molar-refractivity contribution in [1.82, 2.24) is 0 Å². The third kappa shape index (κ3) is 3.77. The van der Waals surface area contributed by atoms with Crippen LogP contribution in [0, 0.1) is 23.6 Å². The van der Waals surface area contributed by atoms with Crippen molar-refractivity contribution in [2.75, 3.05) is 0 Å². The Bertz CT molecular complexity index is 741. The first-order chi connectivity index (χ1) is 12.7. The summed E-state index contributed by atoms with van der Waals surface area (Å²) in [7, 11) is 0. The van der Waals surface area contributed by atoms with Gasteiger partial charge in [0.2, 0.25) is 0 Å². The van der Waals surface area contributed by atoms with Gasteiger partial charge < -0.3 is 0 Å². The number of rotatable bonds is 3. The lowest BCUT2D eigenvalue weighted by atomic mass is 9.64. The summed E-state index contributed by atoms with van der Waals surface area (Å²) in [5.74, 6) is 3.24. The molecule has 2 aromatic carbocycles. The van der Waals surface area contributed by atoms with E-state index in [1.807, 2.05) is 12.1 Å². The van der Waals surface area contributed by atoms with Gasteiger partial charge in [-0.1, -0.05) is 48.6 Å². The molecule has 2 aliphatic rings. The van der Waals surface area contributed by atoms with E-state index in [4.69, 9.17) is 0 Å². The summed E-state index contributed by atoms with van der Waals surface area (Å²) in [5.41, 5.74) is 3.75. The zero-order valence-corrected chi connectivity index (χ0v) is 15.7. The lowest BCUT2D eigenvalue weighted by Crippen LogP contribution is -2.30. The smallest absolute Gasteiger partial charge is 0.123 e. The molecule has 4 unspecified atom stereocenters. The average Bonchev–Trinajstić information content (AvgIpc) is 2.69. The number of hydrogen-bond donors (Lipinski definition) is 0. The van der Waals surface area contributed by atoms with E-state index in [-0.39, 0.29) is 5.82 Å². The van der Waals surface area contributed by atoms with Crippen LogP contribution in [0.2, 0.25) is 0 Å². The van der Waals surface area contributed by atoms with Crippen molar-refractivity contribution in [1.29, 1.82) is 0 Å². The van der Waals surface area contributed by atoms with Gasteiger partial charge in [-0.2, -0.15) is 0 Å². The number of benzene rings is 2. The highest BCUT2D eigenvalue weighted by Gasteiger charge is 2.35. The van der Waals surface area contributed by atoms with Gasteiger partial charge in [0, 0.05) is 0 Å². The second kappa shape index (κ2) is 7.78. The molecule has 0 saturated heterocycles. The van der Waals surface area contributed by atoms with Crippen molar-refractivity contribution < 1.29 is 4.39 Å². The van der Waals surface area contributed by atoms with E-state index in [0.717, 1.165) is 29.2 Å². The minimum atomic E-state index is -0.175. The van der Waals surface area contributed by atoms with Gasteiger partial charge in [-0.05, 0) is 97.9 Å². The maximum Gasteiger partial charge on any atom is 0.123 e. The Morgan fingerprint density at radius 1 is 0.769 bits per heavy atom. The van der Waals surface area contributed by atoms with Gasteiger partial charge in [-0.3, -0.25) is 0 Å². The van der Waals surface area contributed by atoms with Crippen LogP contribution in [0.5, 0.6) is 0 Å². The molecule has 136 valence electrons. The van der Waals surface area contributed by atoms with Crippen LogP contribution in [0.1, 0.15) is 56.9 Å². The minimum absolute atomic E-state index is 0.175. The summed E-state index contributed by atoms with van der Waals surface area (Å²) in [6, 6.07) is 15.8. The van der Waals surface area contributed by atoms with Crippen LogP contribution in [-0.4, -0.2) is 0 Å². The summed E-state index contributed by atoms with van der Waals surface area (Å²) in [4.78, 5) is 0. The van der Waals surface area contributed by atoms with Crippen LogP contribution < -0.4 is 0 Å². The normalized spacial score (nSPS) is 28.8. The zero-order chi connectivity index (χ0) is 17.9. The molecule has 0 aliphatic heterocycles. The van der Waals surface area contributed by atoms with Gasteiger partial charge in [-0.25, -0.2) is 4.39 Å². The van der Waals surface area contributed by atoms with Crippen LogP contribution in [0.25, 0.3) is 11.1 Å². The van der Waals surface area contributed by atoms with Gasteiger partial charge in [0.15, 0.2) is 0 Å². The predicted molar refractivity (Wildman–Crippen MR) is 108 cm³/mol. The van der Waals surface area contributed by atoms with Gasteiger partial charge >= 0.3 is 0 Å². The van der Waals surface area contributed by atoms with Crippen molar-refractivity contribution >= 4 is 0 Å². The minimum Gasteiger partial charge on any atom is -0.207 e. The fraction of sp³-hybridized carbons (Fsp3) is 0.440. The Morgan fingerprint density at radius 2 is 1.38 bits per heavy atom. The number of hydrogen-bond acceptors (Lipinski definition) is 0. The highest BCUT2D eigenvalue weighted by molar-refractivity contribution is 5.63. The van der Waals surface area contributed by atoms with Crippen LogP contribution >= 0.6 is 0 Å². The van der Waals surface area contributed by atoms with E-state index in [1.165, 1.54) is 61.8 Å². The fourth-order valence-electron chi connectivity index (χ4n) is 5.27. The van der Waals surface area contributed by atoms with Gasteiger partial charge in [0.25, 0.3) is 0 Å². The molecular formula is C25H29F. The van der Waals surface area contributed by atoms with E-state index in [1.54, 1.807) is 0 Å². The molecule has 26 heavy (non-hydrogen) atoms. The van der Waals surface area contributed by atoms with Gasteiger partial charge in [0.1, 0.15) is 5.82 Å². The average molecular weight is 349 g/mol. The zero-order valence-electron chi connectivity index (χ0n) is 15.7. The lowest BCUT2D eigenvalue weighted by molar-refractivity contribution is 0.133. The Balaban J connectivity index is 1.42. The molecule has 0 radical (unpaired) electrons. The largest absolute Gasteiger partial charge is 0.207 e.